The lowest BCUT2D eigenvalue weighted by atomic mass is 10.2. The van der Waals surface area contributed by atoms with Gasteiger partial charge in [0.15, 0.2) is 0 Å². The first-order chi connectivity index (χ1) is 6.70. The summed E-state index contributed by atoms with van der Waals surface area (Å²) < 4.78 is 0. The number of aliphatic hydroxyl groups excluding tert-OH is 1. The molecule has 0 aliphatic carbocycles. The number of carbonyl (C=O) groups is 1. The second-order valence-electron chi connectivity index (χ2n) is 3.01. The molecule has 0 radical (unpaired) electrons. The van der Waals surface area contributed by atoms with Gasteiger partial charge in [-0.15, -0.1) is 6.42 Å². The van der Waals surface area contributed by atoms with Crippen LogP contribution in [-0.4, -0.2) is 36.8 Å². The predicted molar refractivity (Wildman–Crippen MR) is 55.6 cm³/mol. The molecule has 0 fully saturated rings. The van der Waals surface area contributed by atoms with Crippen LogP contribution in [0, 0.1) is 12.3 Å². The molecule has 0 aliphatic heterocycles. The Labute approximate surface area is 85.1 Å². The van der Waals surface area contributed by atoms with Crippen LogP contribution in [0.15, 0.2) is 0 Å². The Bertz CT molecular complexity index is 199. The summed E-state index contributed by atoms with van der Waals surface area (Å²) in [6, 6.07) is 0. The largest absolute Gasteiger partial charge is 0.393 e. The van der Waals surface area contributed by atoms with Crippen LogP contribution >= 0.6 is 0 Å². The zero-order valence-corrected chi connectivity index (χ0v) is 8.55. The molecule has 4 nitrogen and oxygen atoms in total. The van der Waals surface area contributed by atoms with Gasteiger partial charge < -0.3 is 10.4 Å². The van der Waals surface area contributed by atoms with E-state index in [0.29, 0.717) is 25.9 Å². The van der Waals surface area contributed by atoms with Crippen molar-refractivity contribution in [1.82, 2.24) is 10.6 Å². The first kappa shape index (κ1) is 12.9. The number of rotatable bonds is 7. The minimum Gasteiger partial charge on any atom is -0.393 e. The summed E-state index contributed by atoms with van der Waals surface area (Å²) in [5.74, 6) is 2.28. The van der Waals surface area contributed by atoms with Crippen molar-refractivity contribution in [3.05, 3.63) is 0 Å². The van der Waals surface area contributed by atoms with Gasteiger partial charge in [-0.1, -0.05) is 12.8 Å². The van der Waals surface area contributed by atoms with Gasteiger partial charge in [-0.05, 0) is 12.8 Å². The van der Waals surface area contributed by atoms with Gasteiger partial charge in [0.1, 0.15) is 0 Å². The van der Waals surface area contributed by atoms with E-state index in [0.717, 1.165) is 0 Å². The molecule has 0 saturated heterocycles. The molecule has 0 aliphatic rings. The Morgan fingerprint density at radius 1 is 1.64 bits per heavy atom. The molecule has 0 saturated carbocycles. The molecule has 3 N–H and O–H groups in total. The molecule has 0 rings (SSSR count). The monoisotopic (exact) mass is 198 g/mol. The maximum absolute atomic E-state index is 11.1. The maximum Gasteiger partial charge on any atom is 0.233 e. The average Bonchev–Trinajstić information content (AvgIpc) is 2.18. The van der Waals surface area contributed by atoms with Crippen molar-refractivity contribution in [2.45, 2.75) is 25.9 Å². The number of hydrogen-bond acceptors (Lipinski definition) is 3. The van der Waals surface area contributed by atoms with Crippen molar-refractivity contribution < 1.29 is 9.90 Å². The van der Waals surface area contributed by atoms with Crippen molar-refractivity contribution in [3.63, 3.8) is 0 Å². The third kappa shape index (κ3) is 7.59. The molecular weight excluding hydrogens is 180 g/mol. The minimum absolute atomic E-state index is 0.0939. The molecule has 14 heavy (non-hydrogen) atoms. The fraction of sp³-hybridized carbons (Fsp3) is 0.700. The maximum atomic E-state index is 11.1. The fourth-order valence-corrected chi connectivity index (χ4v) is 0.893. The summed E-state index contributed by atoms with van der Waals surface area (Å²) >= 11 is 0. The van der Waals surface area contributed by atoms with Gasteiger partial charge in [-0.3, -0.25) is 10.1 Å². The van der Waals surface area contributed by atoms with Crippen LogP contribution in [-0.2, 0) is 4.79 Å². The first-order valence-corrected chi connectivity index (χ1v) is 4.79. The predicted octanol–water partition coefficient (Wildman–Crippen LogP) is -0.514. The molecular formula is C10H18N2O2. The number of terminal acetylenes is 1. The van der Waals surface area contributed by atoms with Gasteiger partial charge in [0, 0.05) is 6.54 Å². The highest BCUT2D eigenvalue weighted by atomic mass is 16.3. The zero-order chi connectivity index (χ0) is 10.8. The van der Waals surface area contributed by atoms with Crippen molar-refractivity contribution in [3.8, 4) is 12.3 Å². The fourth-order valence-electron chi connectivity index (χ4n) is 0.893. The zero-order valence-electron chi connectivity index (χ0n) is 8.55. The van der Waals surface area contributed by atoms with E-state index in [4.69, 9.17) is 6.42 Å². The number of aliphatic hydroxyl groups is 1. The molecule has 1 unspecified atom stereocenters. The van der Waals surface area contributed by atoms with Crippen LogP contribution in [0.4, 0.5) is 0 Å². The van der Waals surface area contributed by atoms with E-state index >= 15 is 0 Å². The number of carbonyl (C=O) groups excluding carboxylic acids is 1. The van der Waals surface area contributed by atoms with E-state index in [1.54, 1.807) is 0 Å². The minimum atomic E-state index is -0.325. The normalized spacial score (nSPS) is 11.8. The van der Waals surface area contributed by atoms with Crippen LogP contribution < -0.4 is 10.6 Å². The Kier molecular flexibility index (Phi) is 7.90. The lowest BCUT2D eigenvalue weighted by Crippen LogP contribution is -2.35. The molecule has 0 aromatic carbocycles. The molecule has 0 bridgehead atoms. The topological polar surface area (TPSA) is 61.4 Å². The van der Waals surface area contributed by atoms with Crippen LogP contribution in [0.3, 0.4) is 0 Å². The van der Waals surface area contributed by atoms with E-state index in [2.05, 4.69) is 16.6 Å². The number of hydrogen-bond donors (Lipinski definition) is 3. The third-order valence-electron chi connectivity index (χ3n) is 1.78. The second kappa shape index (κ2) is 8.54. The van der Waals surface area contributed by atoms with E-state index in [-0.39, 0.29) is 18.6 Å². The van der Waals surface area contributed by atoms with Crippen LogP contribution in [0.1, 0.15) is 19.8 Å². The average molecular weight is 198 g/mol. The summed E-state index contributed by atoms with van der Waals surface area (Å²) in [6.45, 7) is 3.03. The lowest BCUT2D eigenvalue weighted by molar-refractivity contribution is -0.120. The van der Waals surface area contributed by atoms with Gasteiger partial charge in [-0.2, -0.15) is 0 Å². The Balaban J connectivity index is 3.32. The summed E-state index contributed by atoms with van der Waals surface area (Å²) in [5.41, 5.74) is 0. The standard InChI is InChI=1S/C10H18N2O2/c1-3-6-11-8-10(14)12-7-5-9(13)4-2/h1,9,11,13H,4-8H2,2H3,(H,12,14). The van der Waals surface area contributed by atoms with Crippen LogP contribution in [0.25, 0.3) is 0 Å². The molecule has 0 heterocycles. The van der Waals surface area contributed by atoms with Gasteiger partial charge in [-0.25, -0.2) is 0 Å². The van der Waals surface area contributed by atoms with Crippen LogP contribution in [0.2, 0.25) is 0 Å². The SMILES string of the molecule is C#CCNCC(=O)NCCC(O)CC. The van der Waals surface area contributed by atoms with Gasteiger partial charge >= 0.3 is 0 Å². The lowest BCUT2D eigenvalue weighted by Gasteiger charge is -2.08. The highest BCUT2D eigenvalue weighted by Crippen LogP contribution is 1.93. The highest BCUT2D eigenvalue weighted by molar-refractivity contribution is 5.77. The number of amides is 1. The molecule has 1 amide bonds. The van der Waals surface area contributed by atoms with Gasteiger partial charge in [0.2, 0.25) is 5.91 Å². The Hall–Kier alpha value is -1.05. The Morgan fingerprint density at radius 3 is 2.93 bits per heavy atom. The number of nitrogens with one attached hydrogen (secondary N) is 2. The Morgan fingerprint density at radius 2 is 2.36 bits per heavy atom. The summed E-state index contributed by atoms with van der Waals surface area (Å²) in [7, 11) is 0. The van der Waals surface area contributed by atoms with Crippen molar-refractivity contribution in [2.75, 3.05) is 19.6 Å². The van der Waals surface area contributed by atoms with E-state index in [9.17, 15) is 9.90 Å². The summed E-state index contributed by atoms with van der Waals surface area (Å²) in [6.07, 6.45) is 5.98. The van der Waals surface area contributed by atoms with Gasteiger partial charge in [0.05, 0.1) is 19.2 Å². The van der Waals surface area contributed by atoms with E-state index < -0.39 is 0 Å². The van der Waals surface area contributed by atoms with Crippen LogP contribution in [0.5, 0.6) is 0 Å². The molecule has 4 heteroatoms. The van der Waals surface area contributed by atoms with Gasteiger partial charge in [0.25, 0.3) is 0 Å². The second-order valence-corrected chi connectivity index (χ2v) is 3.01. The van der Waals surface area contributed by atoms with E-state index in [1.165, 1.54) is 0 Å². The molecule has 0 spiro atoms. The van der Waals surface area contributed by atoms with Crippen molar-refractivity contribution in [1.29, 1.82) is 0 Å². The highest BCUT2D eigenvalue weighted by Gasteiger charge is 2.02. The first-order valence-electron chi connectivity index (χ1n) is 4.79. The van der Waals surface area contributed by atoms with Crippen molar-refractivity contribution >= 4 is 5.91 Å². The summed E-state index contributed by atoms with van der Waals surface area (Å²) in [4.78, 5) is 11.1. The molecule has 1 atom stereocenters. The molecule has 80 valence electrons. The van der Waals surface area contributed by atoms with E-state index in [1.807, 2.05) is 6.92 Å². The smallest absolute Gasteiger partial charge is 0.233 e. The summed E-state index contributed by atoms with van der Waals surface area (Å²) in [5, 5.41) is 14.6. The third-order valence-corrected chi connectivity index (χ3v) is 1.78. The molecule has 0 aromatic rings. The van der Waals surface area contributed by atoms with Crippen molar-refractivity contribution in [2.24, 2.45) is 0 Å². The molecule has 0 aromatic heterocycles. The quantitative estimate of drug-likeness (QED) is 0.381.